The molecule has 0 unspecified atom stereocenters. The zero-order chi connectivity index (χ0) is 17.1. The normalized spacial score (nSPS) is 12.4. The summed E-state index contributed by atoms with van der Waals surface area (Å²) >= 11 is 3.46. The number of rotatable bonds is 6. The number of alkyl halides is 2. The summed E-state index contributed by atoms with van der Waals surface area (Å²) in [6.07, 6.45) is 0. The van der Waals surface area contributed by atoms with Gasteiger partial charge in [-0.25, -0.2) is 0 Å². The van der Waals surface area contributed by atoms with Crippen molar-refractivity contribution in [2.75, 3.05) is 19.2 Å². The van der Waals surface area contributed by atoms with Gasteiger partial charge in [0.1, 0.15) is 11.5 Å². The summed E-state index contributed by atoms with van der Waals surface area (Å²) in [5.41, 5.74) is 1.28. The first-order valence-corrected chi connectivity index (χ1v) is 7.81. The quantitative estimate of drug-likeness (QED) is 0.777. The molecule has 24 heavy (non-hydrogen) atoms. The Balaban J connectivity index is 1.81. The Labute approximate surface area is 145 Å². The number of fused-ring (bicyclic) bond motifs is 1. The second-order valence-electron chi connectivity index (χ2n) is 4.89. The molecule has 0 fully saturated rings. The Morgan fingerprint density at radius 1 is 1.21 bits per heavy atom. The van der Waals surface area contributed by atoms with Gasteiger partial charge < -0.3 is 24.3 Å². The molecule has 3 rings (SSSR count). The highest BCUT2D eigenvalue weighted by atomic mass is 79.9. The highest BCUT2D eigenvalue weighted by Gasteiger charge is 2.17. The summed E-state index contributed by atoms with van der Waals surface area (Å²) < 4.78 is 46.2. The van der Waals surface area contributed by atoms with Crippen LogP contribution in [0.15, 0.2) is 34.8 Å². The van der Waals surface area contributed by atoms with Crippen molar-refractivity contribution >= 4 is 21.6 Å². The van der Waals surface area contributed by atoms with Crippen molar-refractivity contribution in [3.8, 4) is 23.0 Å². The molecule has 0 spiro atoms. The largest absolute Gasteiger partial charge is 0.497 e. The van der Waals surface area contributed by atoms with Crippen molar-refractivity contribution < 1.29 is 27.7 Å². The minimum Gasteiger partial charge on any atom is -0.497 e. The highest BCUT2D eigenvalue weighted by Crippen LogP contribution is 2.38. The van der Waals surface area contributed by atoms with Gasteiger partial charge in [-0.05, 0) is 29.8 Å². The average molecular weight is 402 g/mol. The Morgan fingerprint density at radius 2 is 1.96 bits per heavy atom. The lowest BCUT2D eigenvalue weighted by Gasteiger charge is -2.15. The van der Waals surface area contributed by atoms with Crippen LogP contribution >= 0.6 is 15.9 Å². The molecule has 1 N–H and O–H groups in total. The van der Waals surface area contributed by atoms with Crippen LogP contribution in [0, 0.1) is 0 Å². The number of hydrogen-bond donors (Lipinski definition) is 1. The van der Waals surface area contributed by atoms with Crippen LogP contribution < -0.4 is 24.3 Å². The van der Waals surface area contributed by atoms with E-state index in [4.69, 9.17) is 14.2 Å². The zero-order valence-electron chi connectivity index (χ0n) is 12.6. The fourth-order valence-electron chi connectivity index (χ4n) is 2.26. The molecular formula is C16H14BrF2NO4. The van der Waals surface area contributed by atoms with Crippen molar-refractivity contribution in [3.63, 3.8) is 0 Å². The fraction of sp³-hybridized carbons (Fsp3) is 0.250. The van der Waals surface area contributed by atoms with Crippen molar-refractivity contribution in [2.24, 2.45) is 0 Å². The Bertz CT molecular complexity index is 742. The van der Waals surface area contributed by atoms with E-state index in [0.717, 1.165) is 10.0 Å². The Hall–Kier alpha value is -2.22. The van der Waals surface area contributed by atoms with Crippen molar-refractivity contribution in [3.05, 3.63) is 40.4 Å². The van der Waals surface area contributed by atoms with Crippen molar-refractivity contribution in [2.45, 2.75) is 13.2 Å². The van der Waals surface area contributed by atoms with E-state index in [0.29, 0.717) is 29.5 Å². The summed E-state index contributed by atoms with van der Waals surface area (Å²) in [6.45, 7) is -2.36. The zero-order valence-corrected chi connectivity index (χ0v) is 14.2. The number of methoxy groups -OCH3 is 1. The predicted molar refractivity (Wildman–Crippen MR) is 87.2 cm³/mol. The van der Waals surface area contributed by atoms with E-state index in [1.54, 1.807) is 12.1 Å². The molecule has 0 aliphatic carbocycles. The summed E-state index contributed by atoms with van der Waals surface area (Å²) in [4.78, 5) is 0. The van der Waals surface area contributed by atoms with Gasteiger partial charge in [-0.1, -0.05) is 15.9 Å². The van der Waals surface area contributed by atoms with Crippen LogP contribution in [0.1, 0.15) is 5.56 Å². The van der Waals surface area contributed by atoms with Crippen LogP contribution in [0.3, 0.4) is 0 Å². The van der Waals surface area contributed by atoms with E-state index in [9.17, 15) is 8.78 Å². The van der Waals surface area contributed by atoms with Gasteiger partial charge in [-0.2, -0.15) is 8.78 Å². The smallest absolute Gasteiger partial charge is 0.387 e. The minimum absolute atomic E-state index is 0.0441. The molecule has 0 aromatic heterocycles. The third kappa shape index (κ3) is 3.64. The molecular weight excluding hydrogens is 388 g/mol. The number of nitrogens with one attached hydrogen (secondary N) is 1. The summed E-state index contributed by atoms with van der Waals surface area (Å²) in [6, 6.07) is 8.22. The molecule has 0 saturated heterocycles. The van der Waals surface area contributed by atoms with Gasteiger partial charge in [0.15, 0.2) is 11.5 Å². The molecule has 8 heteroatoms. The first-order chi connectivity index (χ1) is 11.6. The third-order valence-corrected chi connectivity index (χ3v) is 4.15. The molecule has 1 aliphatic rings. The monoisotopic (exact) mass is 401 g/mol. The third-order valence-electron chi connectivity index (χ3n) is 3.41. The summed E-state index contributed by atoms with van der Waals surface area (Å²) in [7, 11) is 1.50. The van der Waals surface area contributed by atoms with E-state index in [1.165, 1.54) is 13.2 Å². The van der Waals surface area contributed by atoms with Gasteiger partial charge in [0, 0.05) is 17.1 Å². The van der Waals surface area contributed by atoms with Gasteiger partial charge in [0.2, 0.25) is 6.79 Å². The molecule has 0 saturated carbocycles. The summed E-state index contributed by atoms with van der Waals surface area (Å²) in [5, 5.41) is 3.08. The van der Waals surface area contributed by atoms with E-state index < -0.39 is 6.61 Å². The maximum absolute atomic E-state index is 12.5. The Kier molecular flexibility index (Phi) is 4.94. The van der Waals surface area contributed by atoms with Gasteiger partial charge >= 0.3 is 6.61 Å². The summed E-state index contributed by atoms with van der Waals surface area (Å²) in [5.74, 6) is 1.88. The van der Waals surface area contributed by atoms with Crippen LogP contribution in [0.5, 0.6) is 23.0 Å². The lowest BCUT2D eigenvalue weighted by Crippen LogP contribution is -2.07. The number of benzene rings is 2. The molecule has 0 atom stereocenters. The molecule has 0 bridgehead atoms. The molecule has 1 heterocycles. The standard InChI is InChI=1S/C16H14BrF2NO4/c1-21-10-2-3-13(24-16(18)19)12(5-10)20-7-9-4-14-15(6-11(9)17)23-8-22-14/h2-6,16,20H,7-8H2,1H3. The molecule has 0 amide bonds. The molecule has 5 nitrogen and oxygen atoms in total. The second-order valence-corrected chi connectivity index (χ2v) is 5.75. The first-order valence-electron chi connectivity index (χ1n) is 7.01. The van der Waals surface area contributed by atoms with E-state index in [2.05, 4.69) is 26.0 Å². The molecule has 128 valence electrons. The van der Waals surface area contributed by atoms with E-state index in [1.807, 2.05) is 12.1 Å². The maximum Gasteiger partial charge on any atom is 0.387 e. The average Bonchev–Trinajstić information content (AvgIpc) is 3.00. The molecule has 2 aromatic carbocycles. The maximum atomic E-state index is 12.5. The van der Waals surface area contributed by atoms with Crippen LogP contribution in [0.2, 0.25) is 0 Å². The minimum atomic E-state index is -2.91. The van der Waals surface area contributed by atoms with Gasteiger partial charge in [-0.3, -0.25) is 0 Å². The second kappa shape index (κ2) is 7.12. The fourth-order valence-corrected chi connectivity index (χ4v) is 2.72. The van der Waals surface area contributed by atoms with Crippen LogP contribution in [-0.4, -0.2) is 20.5 Å². The van der Waals surface area contributed by atoms with Crippen molar-refractivity contribution in [1.82, 2.24) is 0 Å². The van der Waals surface area contributed by atoms with E-state index >= 15 is 0 Å². The predicted octanol–water partition coefficient (Wildman–Crippen LogP) is 4.40. The first kappa shape index (κ1) is 16.6. The lowest BCUT2D eigenvalue weighted by atomic mass is 10.2. The molecule has 0 radical (unpaired) electrons. The van der Waals surface area contributed by atoms with Crippen LogP contribution in [0.4, 0.5) is 14.5 Å². The lowest BCUT2D eigenvalue weighted by molar-refractivity contribution is -0.0494. The number of ether oxygens (including phenoxy) is 4. The van der Waals surface area contributed by atoms with Crippen LogP contribution in [-0.2, 0) is 6.54 Å². The van der Waals surface area contributed by atoms with Gasteiger partial charge in [0.25, 0.3) is 0 Å². The molecule has 1 aliphatic heterocycles. The number of hydrogen-bond acceptors (Lipinski definition) is 5. The van der Waals surface area contributed by atoms with Gasteiger partial charge in [-0.15, -0.1) is 0 Å². The number of anilines is 1. The van der Waals surface area contributed by atoms with E-state index in [-0.39, 0.29) is 12.5 Å². The SMILES string of the molecule is COc1ccc(OC(F)F)c(NCc2cc3c(cc2Br)OCO3)c1. The molecule has 2 aromatic rings. The topological polar surface area (TPSA) is 49.0 Å². The van der Waals surface area contributed by atoms with Crippen LogP contribution in [0.25, 0.3) is 0 Å². The highest BCUT2D eigenvalue weighted by molar-refractivity contribution is 9.10. The Morgan fingerprint density at radius 3 is 2.67 bits per heavy atom. The van der Waals surface area contributed by atoms with Crippen molar-refractivity contribution in [1.29, 1.82) is 0 Å². The van der Waals surface area contributed by atoms with Gasteiger partial charge in [0.05, 0.1) is 12.8 Å². The number of halogens is 3.